The molecular formula is C19H23N7O2S. The third kappa shape index (κ3) is 4.99. The monoisotopic (exact) mass is 413 g/mol. The Morgan fingerprint density at radius 3 is 2.52 bits per heavy atom. The van der Waals surface area contributed by atoms with Crippen LogP contribution in [0.15, 0.2) is 64.7 Å². The number of nitrogens with two attached hydrogens (primary N) is 3. The summed E-state index contributed by atoms with van der Waals surface area (Å²) >= 11 is 0. The van der Waals surface area contributed by atoms with E-state index < -0.39 is 10.0 Å². The number of nitrogens with one attached hydrogen (secondary N) is 2. The Morgan fingerprint density at radius 1 is 1.14 bits per heavy atom. The van der Waals surface area contributed by atoms with Crippen molar-refractivity contribution in [2.24, 2.45) is 21.8 Å². The van der Waals surface area contributed by atoms with E-state index in [1.807, 2.05) is 30.3 Å². The lowest BCUT2D eigenvalue weighted by Gasteiger charge is -2.13. The van der Waals surface area contributed by atoms with Crippen LogP contribution < -0.4 is 22.0 Å². The zero-order chi connectivity index (χ0) is 20.9. The second-order valence-electron chi connectivity index (χ2n) is 6.44. The van der Waals surface area contributed by atoms with Gasteiger partial charge in [0.1, 0.15) is 0 Å². The molecule has 2 aromatic carbocycles. The van der Waals surface area contributed by atoms with Gasteiger partial charge in [-0.05, 0) is 28.8 Å². The number of hydrogen-bond donors (Lipinski definition) is 5. The van der Waals surface area contributed by atoms with Gasteiger partial charge < -0.3 is 16.9 Å². The first-order chi connectivity index (χ1) is 13.9. The number of nitrogens with zero attached hydrogens (tertiary/aromatic N) is 2. The molecule has 0 unspecified atom stereocenters. The van der Waals surface area contributed by atoms with E-state index in [0.29, 0.717) is 12.1 Å². The summed E-state index contributed by atoms with van der Waals surface area (Å²) in [4.78, 5) is -0.119. The van der Waals surface area contributed by atoms with E-state index in [0.717, 1.165) is 29.8 Å². The summed E-state index contributed by atoms with van der Waals surface area (Å²) in [6.45, 7) is 1.51. The molecule has 0 aliphatic heterocycles. The van der Waals surface area contributed by atoms with Crippen molar-refractivity contribution >= 4 is 15.9 Å². The van der Waals surface area contributed by atoms with Crippen molar-refractivity contribution in [1.29, 1.82) is 0 Å². The Kier molecular flexibility index (Phi) is 6.27. The molecular weight excluding hydrogens is 390 g/mol. The van der Waals surface area contributed by atoms with Crippen molar-refractivity contribution in [3.05, 3.63) is 71.5 Å². The predicted octanol–water partition coefficient (Wildman–Crippen LogP) is 0.635. The lowest BCUT2D eigenvalue weighted by Crippen LogP contribution is -2.23. The maximum Gasteiger partial charge on any atom is 0.238 e. The lowest BCUT2D eigenvalue weighted by atomic mass is 9.98. The van der Waals surface area contributed by atoms with Crippen LogP contribution in [-0.4, -0.2) is 31.0 Å². The fraction of sp³-hybridized carbons (Fsp3) is 0.158. The van der Waals surface area contributed by atoms with Gasteiger partial charge in [-0.2, -0.15) is 10.2 Å². The van der Waals surface area contributed by atoms with E-state index in [2.05, 4.69) is 20.6 Å². The average Bonchev–Trinajstić information content (AvgIpc) is 3.23. The van der Waals surface area contributed by atoms with Crippen LogP contribution >= 0.6 is 0 Å². The normalized spacial score (nSPS) is 12.2. The third-order valence-electron chi connectivity index (χ3n) is 4.45. The highest BCUT2D eigenvalue weighted by molar-refractivity contribution is 7.89. The van der Waals surface area contributed by atoms with Crippen LogP contribution in [-0.2, 0) is 23.0 Å². The van der Waals surface area contributed by atoms with Gasteiger partial charge in [-0.3, -0.25) is 5.10 Å². The smallest absolute Gasteiger partial charge is 0.238 e. The first-order valence-electron chi connectivity index (χ1n) is 8.88. The number of benzene rings is 2. The van der Waals surface area contributed by atoms with Crippen LogP contribution in [0.1, 0.15) is 16.8 Å². The molecule has 0 bridgehead atoms. The number of primary sulfonamides is 1. The van der Waals surface area contributed by atoms with Gasteiger partial charge in [0.05, 0.1) is 4.90 Å². The zero-order valence-electron chi connectivity index (χ0n) is 15.7. The van der Waals surface area contributed by atoms with E-state index in [9.17, 15) is 8.42 Å². The summed E-state index contributed by atoms with van der Waals surface area (Å²) in [7, 11) is -3.99. The van der Waals surface area contributed by atoms with E-state index in [1.54, 1.807) is 18.3 Å². The van der Waals surface area contributed by atoms with Crippen LogP contribution in [0.25, 0.3) is 11.1 Å². The quantitative estimate of drug-likeness (QED) is 0.119. The van der Waals surface area contributed by atoms with Gasteiger partial charge in [-0.15, -0.1) is 0 Å². The Bertz CT molecular complexity index is 1090. The molecule has 0 saturated heterocycles. The molecule has 0 radical (unpaired) electrons. The maximum atomic E-state index is 12.0. The molecule has 8 N–H and O–H groups in total. The van der Waals surface area contributed by atoms with Crippen LogP contribution in [0.5, 0.6) is 0 Å². The molecule has 10 heteroatoms. The third-order valence-corrected chi connectivity index (χ3v) is 5.40. The van der Waals surface area contributed by atoms with Crippen molar-refractivity contribution in [2.45, 2.75) is 17.9 Å². The number of hydrogen-bond acceptors (Lipinski definition) is 6. The Morgan fingerprint density at radius 2 is 1.90 bits per heavy atom. The average molecular weight is 414 g/mol. The molecule has 29 heavy (non-hydrogen) atoms. The minimum absolute atomic E-state index is 0.103. The molecule has 0 spiro atoms. The summed E-state index contributed by atoms with van der Waals surface area (Å²) in [5.74, 6) is 5.20. The first-order valence-corrected chi connectivity index (χ1v) is 10.4. The van der Waals surface area contributed by atoms with Crippen molar-refractivity contribution in [1.82, 2.24) is 15.5 Å². The molecule has 0 saturated carbocycles. The molecule has 3 rings (SSSR count). The lowest BCUT2D eigenvalue weighted by molar-refractivity contribution is 0.597. The molecule has 0 aliphatic rings. The highest BCUT2D eigenvalue weighted by Crippen LogP contribution is 2.28. The van der Waals surface area contributed by atoms with Crippen molar-refractivity contribution in [3.63, 3.8) is 0 Å². The van der Waals surface area contributed by atoms with Crippen LogP contribution in [0.4, 0.5) is 0 Å². The largest absolute Gasteiger partial charge is 0.382 e. The second-order valence-corrected chi connectivity index (χ2v) is 7.97. The molecule has 0 amide bonds. The zero-order valence-corrected chi connectivity index (χ0v) is 16.5. The van der Waals surface area contributed by atoms with Gasteiger partial charge in [0.2, 0.25) is 10.0 Å². The van der Waals surface area contributed by atoms with Crippen LogP contribution in [0, 0.1) is 0 Å². The highest BCUT2D eigenvalue weighted by Gasteiger charge is 2.20. The minimum Gasteiger partial charge on any atom is -0.382 e. The molecule has 0 fully saturated rings. The van der Waals surface area contributed by atoms with E-state index in [-0.39, 0.29) is 16.3 Å². The first kappa shape index (κ1) is 20.5. The summed E-state index contributed by atoms with van der Waals surface area (Å²) in [6, 6.07) is 14.4. The fourth-order valence-corrected chi connectivity index (χ4v) is 3.79. The van der Waals surface area contributed by atoms with Crippen LogP contribution in [0.2, 0.25) is 0 Å². The van der Waals surface area contributed by atoms with Crippen molar-refractivity contribution < 1.29 is 8.42 Å². The number of hydrazone groups is 1. The Hall–Kier alpha value is -3.21. The second kappa shape index (κ2) is 8.86. The number of rotatable bonds is 8. The molecule has 152 valence electrons. The number of aromatic amines is 1. The Labute approximate surface area is 169 Å². The van der Waals surface area contributed by atoms with Gasteiger partial charge in [0, 0.05) is 37.0 Å². The molecule has 1 heterocycles. The van der Waals surface area contributed by atoms with E-state index in [1.165, 1.54) is 6.07 Å². The summed E-state index contributed by atoms with van der Waals surface area (Å²) in [5, 5.41) is 19.0. The SMILES string of the molecule is N/N=C(\N)c1c(-c2ccc(CNCCc3ccn[nH]3)cc2)cccc1S(N)(=O)=O. The Balaban J connectivity index is 1.79. The number of aromatic nitrogens is 2. The predicted molar refractivity (Wildman–Crippen MR) is 112 cm³/mol. The summed E-state index contributed by atoms with van der Waals surface area (Å²) < 4.78 is 23.9. The van der Waals surface area contributed by atoms with Crippen molar-refractivity contribution in [2.75, 3.05) is 6.54 Å². The van der Waals surface area contributed by atoms with Gasteiger partial charge in [0.25, 0.3) is 0 Å². The molecule has 0 aliphatic carbocycles. The number of amidine groups is 1. The minimum atomic E-state index is -3.99. The standard InChI is InChI=1S/C19H23N7O2S/c20-19(25-21)18-16(2-1-3-17(18)29(22,27)28)14-6-4-13(5-7-14)12-23-10-8-15-9-11-24-26-15/h1-7,9,11,23H,8,10,12,21H2,(H2,20,25)(H,24,26)(H2,22,27,28). The number of H-pyrrole nitrogens is 1. The fourth-order valence-electron chi connectivity index (χ4n) is 3.02. The van der Waals surface area contributed by atoms with E-state index >= 15 is 0 Å². The van der Waals surface area contributed by atoms with Gasteiger partial charge in [0.15, 0.2) is 5.84 Å². The number of sulfonamides is 1. The molecule has 0 atom stereocenters. The van der Waals surface area contributed by atoms with Crippen LogP contribution in [0.3, 0.4) is 0 Å². The van der Waals surface area contributed by atoms with Gasteiger partial charge in [-0.25, -0.2) is 13.6 Å². The summed E-state index contributed by atoms with van der Waals surface area (Å²) in [6.07, 6.45) is 2.59. The molecule has 3 aromatic rings. The van der Waals surface area contributed by atoms with E-state index in [4.69, 9.17) is 16.7 Å². The topological polar surface area (TPSA) is 165 Å². The van der Waals surface area contributed by atoms with Crippen molar-refractivity contribution in [3.8, 4) is 11.1 Å². The summed E-state index contributed by atoms with van der Waals surface area (Å²) in [5.41, 5.74) is 9.59. The highest BCUT2D eigenvalue weighted by atomic mass is 32.2. The molecule has 1 aromatic heterocycles. The molecule has 9 nitrogen and oxygen atoms in total. The maximum absolute atomic E-state index is 12.0. The van der Waals surface area contributed by atoms with Gasteiger partial charge >= 0.3 is 0 Å². The van der Waals surface area contributed by atoms with Gasteiger partial charge in [-0.1, -0.05) is 36.4 Å².